The molecule has 0 aromatic heterocycles. The number of carbonyl (C=O) groups excluding carboxylic acids is 3. The van der Waals surface area contributed by atoms with Gasteiger partial charge in [-0.05, 0) is 77.7 Å². The second-order valence-corrected chi connectivity index (χ2v) is 12.4. The van der Waals surface area contributed by atoms with E-state index in [1.807, 2.05) is 6.92 Å². The molecule has 0 bridgehead atoms. The fourth-order valence-corrected chi connectivity index (χ4v) is 5.32. The Morgan fingerprint density at radius 1 is 0.630 bits per heavy atom. The van der Waals surface area contributed by atoms with E-state index in [1.54, 1.807) is 0 Å². The summed E-state index contributed by atoms with van der Waals surface area (Å²) >= 11 is 0. The molecule has 2 aliphatic heterocycles. The fraction of sp³-hybridized carbons (Fsp3) is 0.909. The van der Waals surface area contributed by atoms with Crippen molar-refractivity contribution in [2.75, 3.05) is 52.5 Å². The molecule has 0 saturated carbocycles. The Kier molecular flexibility index (Phi) is 22.9. The van der Waals surface area contributed by atoms with Gasteiger partial charge in [-0.3, -0.25) is 14.4 Å². The van der Waals surface area contributed by atoms with Gasteiger partial charge in [0.05, 0.1) is 19.3 Å². The van der Waals surface area contributed by atoms with Crippen LogP contribution < -0.4 is 21.3 Å². The molecule has 0 aliphatic carbocycles. The van der Waals surface area contributed by atoms with Crippen LogP contribution in [0.15, 0.2) is 0 Å². The zero-order valence-corrected chi connectivity index (χ0v) is 28.1. The first-order chi connectivity index (χ1) is 22.3. The Hall–Kier alpha value is -1.87. The van der Waals surface area contributed by atoms with E-state index in [0.717, 1.165) is 77.3 Å². The Balaban J connectivity index is 1.27. The number of ether oxygens (including phenoxy) is 4. The smallest absolute Gasteiger partial charge is 0.220 e. The van der Waals surface area contributed by atoms with Gasteiger partial charge in [0.2, 0.25) is 17.7 Å². The third-order valence-electron chi connectivity index (χ3n) is 8.12. The largest absolute Gasteiger partial charge is 0.388 e. The summed E-state index contributed by atoms with van der Waals surface area (Å²) in [6, 6.07) is 0. The average Bonchev–Trinajstić information content (AvgIpc) is 3.04. The van der Waals surface area contributed by atoms with E-state index >= 15 is 0 Å². The molecule has 0 spiro atoms. The Bertz CT molecular complexity index is 822. The summed E-state index contributed by atoms with van der Waals surface area (Å²) in [5, 5.41) is 31.7. The molecule has 0 radical (unpaired) electrons. The highest BCUT2D eigenvalue weighted by Gasteiger charge is 2.28. The van der Waals surface area contributed by atoms with Gasteiger partial charge in [0.1, 0.15) is 12.2 Å². The number of amides is 3. The lowest BCUT2D eigenvalue weighted by molar-refractivity contribution is -0.235. The molecule has 268 valence electrons. The van der Waals surface area contributed by atoms with Gasteiger partial charge in [0.15, 0.2) is 12.6 Å². The van der Waals surface area contributed by atoms with Crippen molar-refractivity contribution in [3.8, 4) is 0 Å². The van der Waals surface area contributed by atoms with Crippen molar-refractivity contribution in [2.24, 2.45) is 0 Å². The lowest BCUT2D eigenvalue weighted by Crippen LogP contribution is -2.41. The molecular formula is C33H62N4O9. The van der Waals surface area contributed by atoms with Crippen molar-refractivity contribution in [2.45, 2.75) is 141 Å². The first kappa shape index (κ1) is 40.3. The van der Waals surface area contributed by atoms with E-state index < -0.39 is 24.8 Å². The first-order valence-electron chi connectivity index (χ1n) is 17.7. The molecule has 46 heavy (non-hydrogen) atoms. The number of hydrogen-bond acceptors (Lipinski definition) is 10. The van der Waals surface area contributed by atoms with Crippen LogP contribution in [-0.4, -0.2) is 111 Å². The number of unbranched alkanes of at least 4 members (excludes halogenated alkanes) is 6. The minimum atomic E-state index is -0.637. The molecule has 2 heterocycles. The molecule has 4 unspecified atom stereocenters. The molecule has 2 rings (SSSR count). The van der Waals surface area contributed by atoms with Crippen molar-refractivity contribution in [1.82, 2.24) is 21.3 Å². The number of carbonyl (C=O) groups is 3. The maximum Gasteiger partial charge on any atom is 0.220 e. The standard InChI is InChI=1S/C33H62N4O9/c1-26-16-17-28(39)33(46-26)45-25-22-37-31(42)15-7-6-14-30(41)36-20-10-4-5-13-29(40)35-19-9-3-2-8-18-34-21-24-44-32-27(38)12-11-23-43-32/h26-28,32-34,38-39H,2-25H2,1H3,(H,35,40)(H,36,41)(H,37,42)/t26-,27?,28?,32?,33?/m0/s1. The quantitative estimate of drug-likeness (QED) is 0.0754. The van der Waals surface area contributed by atoms with Gasteiger partial charge in [-0.25, -0.2) is 0 Å². The van der Waals surface area contributed by atoms with Crippen LogP contribution in [-0.2, 0) is 33.3 Å². The van der Waals surface area contributed by atoms with E-state index in [2.05, 4.69) is 21.3 Å². The number of nitrogens with one attached hydrogen (secondary N) is 4. The molecule has 0 aromatic rings. The van der Waals surface area contributed by atoms with Crippen molar-refractivity contribution in [1.29, 1.82) is 0 Å². The van der Waals surface area contributed by atoms with Crippen LogP contribution in [0.3, 0.4) is 0 Å². The van der Waals surface area contributed by atoms with Crippen LogP contribution in [0.1, 0.15) is 110 Å². The molecule has 3 amide bonds. The van der Waals surface area contributed by atoms with E-state index in [-0.39, 0.29) is 30.4 Å². The molecule has 0 aromatic carbocycles. The van der Waals surface area contributed by atoms with Crippen LogP contribution in [0.5, 0.6) is 0 Å². The van der Waals surface area contributed by atoms with E-state index in [0.29, 0.717) is 71.4 Å². The Labute approximate surface area is 275 Å². The van der Waals surface area contributed by atoms with Crippen LogP contribution in [0, 0.1) is 0 Å². The highest BCUT2D eigenvalue weighted by atomic mass is 16.7. The van der Waals surface area contributed by atoms with Crippen LogP contribution in [0.2, 0.25) is 0 Å². The zero-order chi connectivity index (χ0) is 33.2. The lowest BCUT2D eigenvalue weighted by atomic mass is 10.1. The third kappa shape index (κ3) is 20.4. The monoisotopic (exact) mass is 658 g/mol. The Morgan fingerprint density at radius 2 is 1.15 bits per heavy atom. The fourth-order valence-electron chi connectivity index (χ4n) is 5.32. The van der Waals surface area contributed by atoms with Crippen LogP contribution in [0.25, 0.3) is 0 Å². The molecule has 2 fully saturated rings. The van der Waals surface area contributed by atoms with Crippen molar-refractivity contribution < 1.29 is 43.5 Å². The second-order valence-electron chi connectivity index (χ2n) is 12.4. The van der Waals surface area contributed by atoms with Crippen molar-refractivity contribution in [3.63, 3.8) is 0 Å². The highest BCUT2D eigenvalue weighted by molar-refractivity contribution is 5.77. The lowest BCUT2D eigenvalue weighted by Gasteiger charge is -2.31. The molecule has 5 atom stereocenters. The van der Waals surface area contributed by atoms with Crippen LogP contribution in [0.4, 0.5) is 0 Å². The van der Waals surface area contributed by atoms with Gasteiger partial charge in [0.25, 0.3) is 0 Å². The van der Waals surface area contributed by atoms with Crippen molar-refractivity contribution in [3.05, 3.63) is 0 Å². The summed E-state index contributed by atoms with van der Waals surface area (Å²) in [5.74, 6) is -0.00957. The summed E-state index contributed by atoms with van der Waals surface area (Å²) in [6.07, 6.45) is 10.1. The van der Waals surface area contributed by atoms with Gasteiger partial charge < -0.3 is 50.4 Å². The number of rotatable bonds is 26. The molecular weight excluding hydrogens is 596 g/mol. The normalized spacial score (nSPS) is 23.2. The summed E-state index contributed by atoms with van der Waals surface area (Å²) < 4.78 is 22.1. The van der Waals surface area contributed by atoms with Crippen LogP contribution >= 0.6 is 0 Å². The third-order valence-corrected chi connectivity index (χ3v) is 8.12. The first-order valence-corrected chi connectivity index (χ1v) is 17.7. The molecule has 6 N–H and O–H groups in total. The summed E-state index contributed by atoms with van der Waals surface area (Å²) in [5.41, 5.74) is 0. The van der Waals surface area contributed by atoms with E-state index in [4.69, 9.17) is 18.9 Å². The number of aliphatic hydroxyl groups is 2. The predicted octanol–water partition coefficient (Wildman–Crippen LogP) is 2.02. The summed E-state index contributed by atoms with van der Waals surface area (Å²) in [6.45, 7) is 6.70. The minimum absolute atomic E-state index is 0.0119. The molecule has 2 saturated heterocycles. The molecule has 13 heteroatoms. The Morgan fingerprint density at radius 3 is 1.80 bits per heavy atom. The maximum atomic E-state index is 12.0. The summed E-state index contributed by atoms with van der Waals surface area (Å²) in [4.78, 5) is 36.0. The highest BCUT2D eigenvalue weighted by Crippen LogP contribution is 2.20. The van der Waals surface area contributed by atoms with E-state index in [1.165, 1.54) is 0 Å². The molecule has 13 nitrogen and oxygen atoms in total. The number of hydrogen-bond donors (Lipinski definition) is 6. The average molecular weight is 659 g/mol. The van der Waals surface area contributed by atoms with Gasteiger partial charge in [0, 0.05) is 52.0 Å². The van der Waals surface area contributed by atoms with E-state index in [9.17, 15) is 24.6 Å². The van der Waals surface area contributed by atoms with Gasteiger partial charge in [-0.15, -0.1) is 0 Å². The minimum Gasteiger partial charge on any atom is -0.388 e. The van der Waals surface area contributed by atoms with Crippen molar-refractivity contribution >= 4 is 17.7 Å². The number of aliphatic hydroxyl groups excluding tert-OH is 2. The predicted molar refractivity (Wildman–Crippen MR) is 174 cm³/mol. The van der Waals surface area contributed by atoms with Gasteiger partial charge in [-0.1, -0.05) is 19.3 Å². The van der Waals surface area contributed by atoms with Gasteiger partial charge in [-0.2, -0.15) is 0 Å². The topological polar surface area (TPSA) is 177 Å². The summed E-state index contributed by atoms with van der Waals surface area (Å²) in [7, 11) is 0. The zero-order valence-electron chi connectivity index (χ0n) is 28.1. The second kappa shape index (κ2) is 26.1. The SMILES string of the molecule is C[C@H]1CCC(O)C(OCCNC(=O)CCCCC(=O)NCCCCCC(=O)NCCCCCCNCCOC2OCCCC2O)O1. The molecule has 2 aliphatic rings. The van der Waals surface area contributed by atoms with Gasteiger partial charge >= 0.3 is 0 Å². The maximum absolute atomic E-state index is 12.0.